The molecular weight excluding hydrogens is 494 g/mol. The second kappa shape index (κ2) is 9.98. The number of hydrogen-bond acceptors (Lipinski definition) is 8. The Hall–Kier alpha value is -3.31. The largest absolute Gasteiger partial charge is 0.376 e. The first-order valence-corrected chi connectivity index (χ1v) is 13.5. The number of hydrogen-bond donors (Lipinski definition) is 1. The fourth-order valence-corrected chi connectivity index (χ4v) is 6.08. The summed E-state index contributed by atoms with van der Waals surface area (Å²) < 4.78 is 14.6. The number of ether oxygens (including phenoxy) is 2. The Labute approximate surface area is 216 Å². The van der Waals surface area contributed by atoms with Gasteiger partial charge in [0.2, 0.25) is 0 Å². The summed E-state index contributed by atoms with van der Waals surface area (Å²) in [5.74, 6) is 0.420. The van der Waals surface area contributed by atoms with Crippen molar-refractivity contribution in [2.24, 2.45) is 0 Å². The Morgan fingerprint density at radius 2 is 2.11 bits per heavy atom. The predicted octanol–water partition coefficient (Wildman–Crippen LogP) is 4.45. The van der Waals surface area contributed by atoms with Gasteiger partial charge in [-0.05, 0) is 18.2 Å². The number of amides is 1. The number of benzene rings is 1. The molecule has 1 aliphatic heterocycles. The Bertz CT molecular complexity index is 1490. The highest BCUT2D eigenvalue weighted by molar-refractivity contribution is 7.17. The summed E-state index contributed by atoms with van der Waals surface area (Å²) in [6.07, 6.45) is 3.81. The van der Waals surface area contributed by atoms with Gasteiger partial charge in [-0.1, -0.05) is 18.2 Å². The van der Waals surface area contributed by atoms with E-state index in [1.165, 1.54) is 4.70 Å². The van der Waals surface area contributed by atoms with Crippen molar-refractivity contribution in [2.75, 3.05) is 38.3 Å². The van der Waals surface area contributed by atoms with Crippen LogP contribution in [0.3, 0.4) is 0 Å². The molecule has 0 saturated carbocycles. The SMILES string of the molecule is CN(C[C@H]1COCCO1)c1nc(-c2csc3ccccc23)ccc1C(=O)NCc1cn2ccsc2n1. The fourth-order valence-electron chi connectivity index (χ4n) is 4.40. The van der Waals surface area contributed by atoms with Crippen LogP contribution in [0.4, 0.5) is 5.82 Å². The Morgan fingerprint density at radius 3 is 2.97 bits per heavy atom. The predicted molar refractivity (Wildman–Crippen MR) is 143 cm³/mol. The molecule has 0 aliphatic carbocycles. The highest BCUT2D eigenvalue weighted by Gasteiger charge is 2.23. The molecule has 1 fully saturated rings. The van der Waals surface area contributed by atoms with Crippen LogP contribution >= 0.6 is 22.7 Å². The first kappa shape index (κ1) is 23.1. The molecule has 0 radical (unpaired) electrons. The number of fused-ring (bicyclic) bond motifs is 2. The lowest BCUT2D eigenvalue weighted by Crippen LogP contribution is -2.39. The van der Waals surface area contributed by atoms with E-state index >= 15 is 0 Å². The molecule has 0 unspecified atom stereocenters. The smallest absolute Gasteiger partial charge is 0.255 e. The van der Waals surface area contributed by atoms with E-state index in [1.807, 2.05) is 58.4 Å². The van der Waals surface area contributed by atoms with Gasteiger partial charge in [0, 0.05) is 52.4 Å². The molecule has 36 heavy (non-hydrogen) atoms. The van der Waals surface area contributed by atoms with Crippen molar-refractivity contribution in [3.8, 4) is 11.3 Å². The molecule has 6 rings (SSSR count). The molecule has 184 valence electrons. The van der Waals surface area contributed by atoms with Crippen molar-refractivity contribution < 1.29 is 14.3 Å². The van der Waals surface area contributed by atoms with E-state index < -0.39 is 0 Å². The average Bonchev–Trinajstić information content (AvgIpc) is 3.63. The maximum Gasteiger partial charge on any atom is 0.255 e. The van der Waals surface area contributed by atoms with Crippen molar-refractivity contribution in [3.63, 3.8) is 0 Å². The first-order chi connectivity index (χ1) is 17.7. The molecule has 1 N–H and O–H groups in total. The molecule has 1 atom stereocenters. The zero-order valence-corrected chi connectivity index (χ0v) is 21.3. The van der Waals surface area contributed by atoms with E-state index in [1.54, 1.807) is 22.7 Å². The van der Waals surface area contributed by atoms with E-state index in [4.69, 9.17) is 14.5 Å². The number of carbonyl (C=O) groups excluding carboxylic acids is 1. The monoisotopic (exact) mass is 519 g/mol. The van der Waals surface area contributed by atoms with E-state index in [0.29, 0.717) is 44.3 Å². The van der Waals surface area contributed by atoms with Crippen LogP contribution in [0.15, 0.2) is 59.6 Å². The summed E-state index contributed by atoms with van der Waals surface area (Å²) >= 11 is 3.26. The fraction of sp³-hybridized carbons (Fsp3) is 0.269. The summed E-state index contributed by atoms with van der Waals surface area (Å²) in [5, 5.41) is 8.28. The van der Waals surface area contributed by atoms with Gasteiger partial charge < -0.3 is 19.7 Å². The Morgan fingerprint density at radius 1 is 1.19 bits per heavy atom. The van der Waals surface area contributed by atoms with Crippen molar-refractivity contribution in [1.29, 1.82) is 0 Å². The number of likely N-dealkylation sites (N-methyl/N-ethyl adjacent to an activating group) is 1. The topological polar surface area (TPSA) is 81.0 Å². The van der Waals surface area contributed by atoms with Crippen LogP contribution in [0, 0.1) is 0 Å². The van der Waals surface area contributed by atoms with Gasteiger partial charge in [0.15, 0.2) is 4.96 Å². The first-order valence-electron chi connectivity index (χ1n) is 11.7. The molecule has 10 heteroatoms. The number of thiophene rings is 1. The van der Waals surface area contributed by atoms with Gasteiger partial charge >= 0.3 is 0 Å². The number of carbonyl (C=O) groups is 1. The molecule has 0 bridgehead atoms. The number of nitrogens with one attached hydrogen (secondary N) is 1. The number of nitrogens with zero attached hydrogens (tertiary/aromatic N) is 4. The second-order valence-corrected chi connectivity index (χ2v) is 10.5. The lowest BCUT2D eigenvalue weighted by Gasteiger charge is -2.29. The third-order valence-corrected chi connectivity index (χ3v) is 7.91. The molecule has 8 nitrogen and oxygen atoms in total. The van der Waals surface area contributed by atoms with Crippen LogP contribution in [0.5, 0.6) is 0 Å². The number of thiazole rings is 1. The molecule has 5 heterocycles. The van der Waals surface area contributed by atoms with Crippen LogP contribution in [0.1, 0.15) is 16.1 Å². The second-order valence-electron chi connectivity index (χ2n) is 8.67. The summed E-state index contributed by atoms with van der Waals surface area (Å²) in [7, 11) is 1.94. The van der Waals surface area contributed by atoms with Gasteiger partial charge in [-0.25, -0.2) is 9.97 Å². The zero-order chi connectivity index (χ0) is 24.5. The summed E-state index contributed by atoms with van der Waals surface area (Å²) in [6, 6.07) is 12.1. The number of aromatic nitrogens is 3. The third-order valence-electron chi connectivity index (χ3n) is 6.17. The van der Waals surface area contributed by atoms with E-state index in [-0.39, 0.29) is 12.0 Å². The van der Waals surface area contributed by atoms with Crippen molar-refractivity contribution in [3.05, 3.63) is 70.8 Å². The quantitative estimate of drug-likeness (QED) is 0.342. The van der Waals surface area contributed by atoms with Crippen molar-refractivity contribution in [2.45, 2.75) is 12.6 Å². The highest BCUT2D eigenvalue weighted by atomic mass is 32.1. The minimum absolute atomic E-state index is 0.0782. The van der Waals surface area contributed by atoms with Gasteiger partial charge in [0.25, 0.3) is 5.91 Å². The Balaban J connectivity index is 1.30. The van der Waals surface area contributed by atoms with Gasteiger partial charge in [-0.2, -0.15) is 0 Å². The van der Waals surface area contributed by atoms with Gasteiger partial charge in [-0.15, -0.1) is 22.7 Å². The average molecular weight is 520 g/mol. The van der Waals surface area contributed by atoms with E-state index in [9.17, 15) is 4.79 Å². The van der Waals surface area contributed by atoms with Crippen molar-refractivity contribution in [1.82, 2.24) is 19.7 Å². The molecule has 5 aromatic rings. The minimum atomic E-state index is -0.191. The highest BCUT2D eigenvalue weighted by Crippen LogP contribution is 2.34. The molecule has 0 spiro atoms. The van der Waals surface area contributed by atoms with Crippen LogP contribution < -0.4 is 10.2 Å². The van der Waals surface area contributed by atoms with Gasteiger partial charge in [0.1, 0.15) is 5.82 Å². The zero-order valence-electron chi connectivity index (χ0n) is 19.7. The van der Waals surface area contributed by atoms with Crippen LogP contribution in [0.25, 0.3) is 26.3 Å². The number of rotatable bonds is 7. The molecule has 4 aromatic heterocycles. The number of pyridine rings is 1. The standard InChI is InChI=1S/C26H25N5O3S2/c1-30(14-18-15-33-9-10-34-18)24-20(25(32)27-12-17-13-31-8-11-35-26(31)28-17)6-7-22(29-24)21-16-36-23-5-3-2-4-19(21)23/h2-8,11,13,16,18H,9-10,12,14-15H2,1H3,(H,27,32)/t18-/m0/s1. The van der Waals surface area contributed by atoms with Crippen molar-refractivity contribution >= 4 is 49.4 Å². The summed E-state index contributed by atoms with van der Waals surface area (Å²) in [6.45, 7) is 2.62. The van der Waals surface area contributed by atoms with Gasteiger partial charge in [0.05, 0.1) is 49.4 Å². The van der Waals surface area contributed by atoms with Crippen LogP contribution in [-0.4, -0.2) is 59.8 Å². The molecular formula is C26H25N5O3S2. The van der Waals surface area contributed by atoms with Gasteiger partial charge in [-0.3, -0.25) is 9.20 Å². The lowest BCUT2D eigenvalue weighted by molar-refractivity contribution is -0.0837. The van der Waals surface area contributed by atoms with E-state index in [0.717, 1.165) is 27.3 Å². The van der Waals surface area contributed by atoms with Crippen LogP contribution in [-0.2, 0) is 16.0 Å². The summed E-state index contributed by atoms with van der Waals surface area (Å²) in [5.41, 5.74) is 3.22. The van der Waals surface area contributed by atoms with E-state index in [2.05, 4.69) is 27.8 Å². The number of anilines is 1. The normalized spacial score (nSPS) is 16.0. The maximum absolute atomic E-state index is 13.3. The molecule has 1 aromatic carbocycles. The molecule has 1 saturated heterocycles. The lowest BCUT2D eigenvalue weighted by atomic mass is 10.1. The summed E-state index contributed by atoms with van der Waals surface area (Å²) in [4.78, 5) is 25.8. The van der Waals surface area contributed by atoms with Crippen LogP contribution in [0.2, 0.25) is 0 Å². The Kier molecular flexibility index (Phi) is 6.41. The number of imidazole rings is 1. The minimum Gasteiger partial charge on any atom is -0.376 e. The molecule has 1 aliphatic rings. The maximum atomic E-state index is 13.3. The third kappa shape index (κ3) is 4.60. The molecule has 1 amide bonds.